The monoisotopic (exact) mass is 328 g/mol. The smallest absolute Gasteiger partial charge is 0.236 e. The van der Waals surface area contributed by atoms with Gasteiger partial charge in [0.05, 0.1) is 19.1 Å². The third-order valence-corrected chi connectivity index (χ3v) is 5.38. The van der Waals surface area contributed by atoms with Crippen LogP contribution in [0.25, 0.3) is 5.52 Å². The highest BCUT2D eigenvalue weighted by Gasteiger charge is 2.41. The number of imidazole rings is 1. The molecule has 2 bridgehead atoms. The molecule has 2 saturated heterocycles. The number of hydrogen-bond donors (Lipinski definition) is 1. The van der Waals surface area contributed by atoms with Gasteiger partial charge in [0.1, 0.15) is 5.52 Å². The van der Waals surface area contributed by atoms with E-state index in [-0.39, 0.29) is 5.91 Å². The van der Waals surface area contributed by atoms with Crippen LogP contribution in [0, 0.1) is 0 Å². The maximum Gasteiger partial charge on any atom is 0.236 e. The zero-order valence-corrected chi connectivity index (χ0v) is 14.2. The summed E-state index contributed by atoms with van der Waals surface area (Å²) in [6, 6.07) is 1.39. The van der Waals surface area contributed by atoms with Crippen molar-refractivity contribution in [2.75, 3.05) is 26.0 Å². The molecule has 24 heavy (non-hydrogen) atoms. The quantitative estimate of drug-likeness (QED) is 0.914. The zero-order valence-electron chi connectivity index (χ0n) is 14.2. The highest BCUT2D eigenvalue weighted by molar-refractivity contribution is 5.77. The first-order chi connectivity index (χ1) is 11.6. The summed E-state index contributed by atoms with van der Waals surface area (Å²) in [6.07, 6.45) is 11.9. The van der Waals surface area contributed by atoms with Gasteiger partial charge in [-0.15, -0.1) is 0 Å². The van der Waals surface area contributed by atoms with Crippen LogP contribution >= 0.6 is 0 Å². The molecule has 2 fully saturated rings. The molecule has 128 valence electrons. The second-order valence-corrected chi connectivity index (χ2v) is 7.12. The summed E-state index contributed by atoms with van der Waals surface area (Å²) in [4.78, 5) is 24.8. The molecule has 0 saturated carbocycles. The molecule has 0 spiro atoms. The first-order valence-electron chi connectivity index (χ1n) is 8.61. The Balaban J connectivity index is 1.45. The maximum absolute atomic E-state index is 12.1. The topological polar surface area (TPSA) is 65.8 Å². The van der Waals surface area contributed by atoms with Crippen molar-refractivity contribution in [2.45, 2.75) is 43.8 Å². The first kappa shape index (κ1) is 15.4. The first-order valence-corrected chi connectivity index (χ1v) is 8.61. The van der Waals surface area contributed by atoms with Crippen molar-refractivity contribution >= 4 is 17.2 Å². The summed E-state index contributed by atoms with van der Waals surface area (Å²) in [5, 5.41) is 3.61. The summed E-state index contributed by atoms with van der Waals surface area (Å²) in [7, 11) is 3.66. The van der Waals surface area contributed by atoms with Crippen LogP contribution in [0.1, 0.15) is 25.7 Å². The van der Waals surface area contributed by atoms with Crippen LogP contribution in [-0.4, -0.2) is 68.8 Å². The molecule has 7 heteroatoms. The van der Waals surface area contributed by atoms with Crippen LogP contribution in [-0.2, 0) is 4.79 Å². The Labute approximate surface area is 141 Å². The van der Waals surface area contributed by atoms with Crippen molar-refractivity contribution in [2.24, 2.45) is 0 Å². The Morgan fingerprint density at radius 1 is 1.33 bits per heavy atom. The van der Waals surface area contributed by atoms with E-state index in [1.807, 2.05) is 30.9 Å². The Bertz CT molecular complexity index is 728. The van der Waals surface area contributed by atoms with Gasteiger partial charge in [-0.1, -0.05) is 0 Å². The third-order valence-electron chi connectivity index (χ3n) is 5.38. The van der Waals surface area contributed by atoms with Gasteiger partial charge < -0.3 is 14.6 Å². The van der Waals surface area contributed by atoms with E-state index in [2.05, 4.69) is 20.2 Å². The number of likely N-dealkylation sites (N-methyl/N-ethyl adjacent to an activating group) is 1. The molecule has 2 aliphatic rings. The summed E-state index contributed by atoms with van der Waals surface area (Å²) in [6.45, 7) is 0.547. The zero-order chi connectivity index (χ0) is 16.7. The molecule has 0 aromatic carbocycles. The molecule has 2 atom stereocenters. The van der Waals surface area contributed by atoms with Gasteiger partial charge in [-0.25, -0.2) is 9.97 Å². The minimum Gasteiger partial charge on any atom is -0.365 e. The van der Waals surface area contributed by atoms with Crippen molar-refractivity contribution < 1.29 is 4.79 Å². The fourth-order valence-electron chi connectivity index (χ4n) is 4.11. The molecular weight excluding hydrogens is 304 g/mol. The summed E-state index contributed by atoms with van der Waals surface area (Å²) in [5.41, 5.74) is 1.01. The standard InChI is InChI=1S/C17H24N6O/c1-21(2)16(24)10-23-13-3-4-14(23)8-12(7-13)20-17-15-9-18-11-22(15)6-5-19-17/h5-6,9,11-14H,3-4,7-8,10H2,1-2H3,(H,19,20). The highest BCUT2D eigenvalue weighted by Crippen LogP contribution is 2.36. The number of carbonyl (C=O) groups is 1. The van der Waals surface area contributed by atoms with E-state index in [1.165, 1.54) is 12.8 Å². The van der Waals surface area contributed by atoms with Crippen molar-refractivity contribution in [3.63, 3.8) is 0 Å². The molecule has 1 amide bonds. The molecule has 2 aromatic heterocycles. The van der Waals surface area contributed by atoms with Gasteiger partial charge in [-0.3, -0.25) is 9.69 Å². The lowest BCUT2D eigenvalue weighted by molar-refractivity contribution is -0.131. The molecule has 0 radical (unpaired) electrons. The lowest BCUT2D eigenvalue weighted by Gasteiger charge is -2.39. The highest BCUT2D eigenvalue weighted by atomic mass is 16.2. The van der Waals surface area contributed by atoms with Crippen LogP contribution in [0.15, 0.2) is 24.9 Å². The van der Waals surface area contributed by atoms with Gasteiger partial charge >= 0.3 is 0 Å². The van der Waals surface area contributed by atoms with E-state index in [1.54, 1.807) is 17.4 Å². The minimum atomic E-state index is 0.198. The molecule has 4 heterocycles. The molecular formula is C17H24N6O. The maximum atomic E-state index is 12.1. The van der Waals surface area contributed by atoms with E-state index < -0.39 is 0 Å². The molecule has 7 nitrogen and oxygen atoms in total. The van der Waals surface area contributed by atoms with Crippen LogP contribution in [0.3, 0.4) is 0 Å². The van der Waals surface area contributed by atoms with E-state index in [4.69, 9.17) is 0 Å². The molecule has 0 aliphatic carbocycles. The van der Waals surface area contributed by atoms with Crippen molar-refractivity contribution in [3.8, 4) is 0 Å². The predicted molar refractivity (Wildman–Crippen MR) is 91.8 cm³/mol. The van der Waals surface area contributed by atoms with Crippen molar-refractivity contribution in [1.82, 2.24) is 24.2 Å². The second-order valence-electron chi connectivity index (χ2n) is 7.12. The Morgan fingerprint density at radius 3 is 2.79 bits per heavy atom. The number of fused-ring (bicyclic) bond motifs is 3. The number of aromatic nitrogens is 3. The number of nitrogens with one attached hydrogen (secondary N) is 1. The van der Waals surface area contributed by atoms with Gasteiger partial charge in [-0.2, -0.15) is 0 Å². The fourth-order valence-corrected chi connectivity index (χ4v) is 4.11. The number of hydrogen-bond acceptors (Lipinski definition) is 5. The average molecular weight is 328 g/mol. The van der Waals surface area contributed by atoms with E-state index in [0.29, 0.717) is 24.7 Å². The number of rotatable bonds is 4. The normalized spacial score (nSPS) is 26.7. The molecule has 2 aromatic rings. The summed E-state index contributed by atoms with van der Waals surface area (Å²) < 4.78 is 1.98. The van der Waals surface area contributed by atoms with E-state index in [9.17, 15) is 4.79 Å². The number of anilines is 1. The van der Waals surface area contributed by atoms with Crippen LogP contribution in [0.2, 0.25) is 0 Å². The second kappa shape index (κ2) is 6.05. The number of amides is 1. The predicted octanol–water partition coefficient (Wildman–Crippen LogP) is 1.22. The lowest BCUT2D eigenvalue weighted by Crippen LogP contribution is -2.50. The van der Waals surface area contributed by atoms with Crippen LogP contribution in [0.4, 0.5) is 5.82 Å². The van der Waals surface area contributed by atoms with Crippen molar-refractivity contribution in [3.05, 3.63) is 24.9 Å². The Kier molecular flexibility index (Phi) is 3.88. The molecule has 4 rings (SSSR count). The number of nitrogens with zero attached hydrogens (tertiary/aromatic N) is 5. The average Bonchev–Trinajstić information content (AvgIpc) is 3.11. The lowest BCUT2D eigenvalue weighted by atomic mass is 9.97. The SMILES string of the molecule is CN(C)C(=O)CN1C2CCC1CC(Nc1nccn3cncc13)C2. The van der Waals surface area contributed by atoms with Crippen molar-refractivity contribution in [1.29, 1.82) is 0 Å². The molecule has 2 unspecified atom stereocenters. The van der Waals surface area contributed by atoms with Crippen LogP contribution in [0.5, 0.6) is 0 Å². The summed E-state index contributed by atoms with van der Waals surface area (Å²) >= 11 is 0. The summed E-state index contributed by atoms with van der Waals surface area (Å²) in [5.74, 6) is 1.10. The molecule has 1 N–H and O–H groups in total. The number of piperidine rings is 1. The number of carbonyl (C=O) groups excluding carboxylic acids is 1. The van der Waals surface area contributed by atoms with Gasteiger partial charge in [0.15, 0.2) is 5.82 Å². The van der Waals surface area contributed by atoms with Gasteiger partial charge in [0.25, 0.3) is 0 Å². The largest absolute Gasteiger partial charge is 0.365 e. The Morgan fingerprint density at radius 2 is 2.08 bits per heavy atom. The van der Waals surface area contributed by atoms with Gasteiger partial charge in [0.2, 0.25) is 5.91 Å². The van der Waals surface area contributed by atoms with E-state index in [0.717, 1.165) is 24.2 Å². The van der Waals surface area contributed by atoms with Gasteiger partial charge in [0, 0.05) is 44.6 Å². The molecule has 2 aliphatic heterocycles. The van der Waals surface area contributed by atoms with Crippen LogP contribution < -0.4 is 5.32 Å². The third kappa shape index (κ3) is 2.73. The van der Waals surface area contributed by atoms with E-state index >= 15 is 0 Å². The van der Waals surface area contributed by atoms with Gasteiger partial charge in [-0.05, 0) is 25.7 Å². The Hall–Kier alpha value is -2.15. The minimum absolute atomic E-state index is 0.198. The fraction of sp³-hybridized carbons (Fsp3) is 0.588.